The molecule has 0 unspecified atom stereocenters. The zero-order valence-electron chi connectivity index (χ0n) is 13.0. The van der Waals surface area contributed by atoms with Gasteiger partial charge in [0.25, 0.3) is 0 Å². The number of carbonyl (C=O) groups excluding carboxylic acids is 2. The van der Waals surface area contributed by atoms with Crippen LogP contribution >= 0.6 is 11.3 Å². The van der Waals surface area contributed by atoms with E-state index in [-0.39, 0.29) is 31.0 Å². The van der Waals surface area contributed by atoms with E-state index >= 15 is 0 Å². The Morgan fingerprint density at radius 3 is 3.00 bits per heavy atom. The van der Waals surface area contributed by atoms with Crippen molar-refractivity contribution in [1.82, 2.24) is 14.7 Å². The summed E-state index contributed by atoms with van der Waals surface area (Å²) >= 11 is 1.62. The minimum absolute atomic E-state index is 0.0231. The Hall–Kier alpha value is -1.88. The number of nitrogens with zero attached hydrogens (tertiary/aromatic N) is 3. The quantitative estimate of drug-likeness (QED) is 0.747. The third-order valence-electron chi connectivity index (χ3n) is 4.16. The zero-order valence-corrected chi connectivity index (χ0v) is 13.8. The summed E-state index contributed by atoms with van der Waals surface area (Å²) in [6, 6.07) is 1.66. The van der Waals surface area contributed by atoms with Gasteiger partial charge in [-0.2, -0.15) is 0 Å². The maximum absolute atomic E-state index is 12.3. The Balaban J connectivity index is 1.65. The number of rotatable bonds is 2. The number of hydrogen-bond donors (Lipinski definition) is 1. The Bertz CT molecular complexity index is 676. The number of piperazine rings is 2. The smallest absolute Gasteiger partial charge is 0.246 e. The van der Waals surface area contributed by atoms with Crippen LogP contribution in [-0.4, -0.2) is 77.5 Å². The molecule has 1 atom stereocenters. The van der Waals surface area contributed by atoms with Gasteiger partial charge in [0.1, 0.15) is 12.6 Å². The van der Waals surface area contributed by atoms with E-state index in [1.807, 2.05) is 11.4 Å². The molecule has 2 fully saturated rings. The molecule has 3 rings (SSSR count). The molecule has 0 bridgehead atoms. The molecule has 7 heteroatoms. The second kappa shape index (κ2) is 6.71. The molecular weight excluding hydrogens is 314 g/mol. The van der Waals surface area contributed by atoms with Crippen LogP contribution in [0.5, 0.6) is 0 Å². The largest absolute Gasteiger partial charge is 0.384 e. The van der Waals surface area contributed by atoms with Crippen LogP contribution < -0.4 is 0 Å². The maximum atomic E-state index is 12.3. The monoisotopic (exact) mass is 333 g/mol. The van der Waals surface area contributed by atoms with E-state index in [4.69, 9.17) is 5.11 Å². The molecule has 1 N–H and O–H groups in total. The Kier molecular flexibility index (Phi) is 4.66. The summed E-state index contributed by atoms with van der Waals surface area (Å²) in [6.07, 6.45) is 0. The minimum atomic E-state index is -0.358. The summed E-state index contributed by atoms with van der Waals surface area (Å²) < 4.78 is 0. The summed E-state index contributed by atoms with van der Waals surface area (Å²) in [5.74, 6) is 5.59. The standard InChI is InChI=1S/C16H19N3O3S/c1-17-10-15(21)19-5-4-18(9-14(19)16(17)22)8-13-7-12(11-23-13)3-2-6-20/h7,11,14,20H,4-6,8-10H2,1H3/t14-/m0/s1. The summed E-state index contributed by atoms with van der Waals surface area (Å²) in [5.41, 5.74) is 0.904. The Morgan fingerprint density at radius 2 is 2.22 bits per heavy atom. The van der Waals surface area contributed by atoms with Crippen molar-refractivity contribution in [2.45, 2.75) is 12.6 Å². The van der Waals surface area contributed by atoms with Gasteiger partial charge in [-0.15, -0.1) is 11.3 Å². The molecule has 2 aliphatic rings. The van der Waals surface area contributed by atoms with E-state index < -0.39 is 0 Å². The fourth-order valence-corrected chi connectivity index (χ4v) is 3.87. The van der Waals surface area contributed by atoms with E-state index in [0.29, 0.717) is 13.1 Å². The summed E-state index contributed by atoms with van der Waals surface area (Å²) in [4.78, 5) is 30.9. The Labute approximate surface area is 139 Å². The van der Waals surface area contributed by atoms with Gasteiger partial charge >= 0.3 is 0 Å². The minimum Gasteiger partial charge on any atom is -0.384 e. The van der Waals surface area contributed by atoms with Crippen LogP contribution in [0.15, 0.2) is 11.4 Å². The van der Waals surface area contributed by atoms with Crippen molar-refractivity contribution in [2.75, 3.05) is 39.8 Å². The molecule has 6 nitrogen and oxygen atoms in total. The highest BCUT2D eigenvalue weighted by Crippen LogP contribution is 2.21. The third kappa shape index (κ3) is 3.39. The average Bonchev–Trinajstić information content (AvgIpc) is 2.98. The normalized spacial score (nSPS) is 21.9. The number of aliphatic hydroxyl groups excluding tert-OH is 1. The van der Waals surface area contributed by atoms with Crippen molar-refractivity contribution < 1.29 is 14.7 Å². The van der Waals surface area contributed by atoms with Crippen molar-refractivity contribution in [3.63, 3.8) is 0 Å². The van der Waals surface area contributed by atoms with Crippen molar-refractivity contribution >= 4 is 23.2 Å². The zero-order chi connectivity index (χ0) is 16.4. The van der Waals surface area contributed by atoms with E-state index in [2.05, 4.69) is 16.7 Å². The first-order chi connectivity index (χ1) is 11.1. The first-order valence-corrected chi connectivity index (χ1v) is 8.40. The maximum Gasteiger partial charge on any atom is 0.246 e. The van der Waals surface area contributed by atoms with Crippen LogP contribution in [0.1, 0.15) is 10.4 Å². The summed E-state index contributed by atoms with van der Waals surface area (Å²) in [7, 11) is 1.68. The van der Waals surface area contributed by atoms with E-state index in [9.17, 15) is 9.59 Å². The lowest BCUT2D eigenvalue weighted by Gasteiger charge is -2.45. The van der Waals surface area contributed by atoms with Gasteiger partial charge in [-0.05, 0) is 6.07 Å². The molecule has 2 saturated heterocycles. The average molecular weight is 333 g/mol. The van der Waals surface area contributed by atoms with Crippen molar-refractivity contribution in [3.05, 3.63) is 21.9 Å². The van der Waals surface area contributed by atoms with Gasteiger partial charge < -0.3 is 14.9 Å². The van der Waals surface area contributed by atoms with Crippen LogP contribution in [0.3, 0.4) is 0 Å². The lowest BCUT2D eigenvalue weighted by atomic mass is 10.1. The number of carbonyl (C=O) groups is 2. The molecule has 1 aromatic heterocycles. The number of fused-ring (bicyclic) bond motifs is 1. The summed E-state index contributed by atoms with van der Waals surface area (Å²) in [5, 5.41) is 10.7. The molecule has 3 heterocycles. The molecule has 2 amide bonds. The van der Waals surface area contributed by atoms with Crippen LogP contribution in [0.25, 0.3) is 0 Å². The number of likely N-dealkylation sites (N-methyl/N-ethyl adjacent to an activating group) is 1. The molecule has 0 aliphatic carbocycles. The van der Waals surface area contributed by atoms with Gasteiger partial charge in [0.05, 0.1) is 6.54 Å². The highest BCUT2D eigenvalue weighted by Gasteiger charge is 2.41. The van der Waals surface area contributed by atoms with Crippen LogP contribution in [0.4, 0.5) is 0 Å². The molecule has 0 saturated carbocycles. The number of amides is 2. The highest BCUT2D eigenvalue weighted by molar-refractivity contribution is 7.10. The number of hydrogen-bond acceptors (Lipinski definition) is 5. The lowest BCUT2D eigenvalue weighted by molar-refractivity contribution is -0.158. The third-order valence-corrected chi connectivity index (χ3v) is 5.09. The number of aliphatic hydroxyl groups is 1. The van der Waals surface area contributed by atoms with E-state index in [0.717, 1.165) is 18.7 Å². The first kappa shape index (κ1) is 16.0. The predicted molar refractivity (Wildman–Crippen MR) is 86.7 cm³/mol. The molecule has 122 valence electrons. The van der Waals surface area contributed by atoms with Crippen molar-refractivity contribution in [2.24, 2.45) is 0 Å². The van der Waals surface area contributed by atoms with Gasteiger partial charge in [0, 0.05) is 49.0 Å². The lowest BCUT2D eigenvalue weighted by Crippen LogP contribution is -2.65. The fourth-order valence-electron chi connectivity index (χ4n) is 3.01. The SMILES string of the molecule is CN1CC(=O)N2CCN(Cc3cc(C#CCO)cs3)C[C@H]2C1=O. The molecular formula is C16H19N3O3S. The van der Waals surface area contributed by atoms with Gasteiger partial charge in [-0.3, -0.25) is 14.5 Å². The second-order valence-electron chi connectivity index (χ2n) is 5.79. The van der Waals surface area contributed by atoms with E-state index in [1.54, 1.807) is 23.3 Å². The van der Waals surface area contributed by atoms with Crippen LogP contribution in [-0.2, 0) is 16.1 Å². The van der Waals surface area contributed by atoms with Gasteiger partial charge in [-0.1, -0.05) is 11.8 Å². The number of thiophene rings is 1. The van der Waals surface area contributed by atoms with Gasteiger partial charge in [0.2, 0.25) is 11.8 Å². The fraction of sp³-hybridized carbons (Fsp3) is 0.500. The van der Waals surface area contributed by atoms with Gasteiger partial charge in [0.15, 0.2) is 0 Å². The van der Waals surface area contributed by atoms with Crippen molar-refractivity contribution in [1.29, 1.82) is 0 Å². The van der Waals surface area contributed by atoms with E-state index in [1.165, 1.54) is 9.78 Å². The van der Waals surface area contributed by atoms with Gasteiger partial charge in [-0.25, -0.2) is 0 Å². The highest BCUT2D eigenvalue weighted by atomic mass is 32.1. The molecule has 23 heavy (non-hydrogen) atoms. The first-order valence-electron chi connectivity index (χ1n) is 7.52. The molecule has 0 spiro atoms. The molecule has 0 radical (unpaired) electrons. The van der Waals surface area contributed by atoms with Crippen molar-refractivity contribution in [3.8, 4) is 11.8 Å². The van der Waals surface area contributed by atoms with Crippen LogP contribution in [0, 0.1) is 11.8 Å². The molecule has 2 aliphatic heterocycles. The molecule has 1 aromatic rings. The predicted octanol–water partition coefficient (Wildman–Crippen LogP) is -0.423. The molecule has 0 aromatic carbocycles. The summed E-state index contributed by atoms with van der Waals surface area (Å²) in [6.45, 7) is 2.75. The second-order valence-corrected chi connectivity index (χ2v) is 6.79. The topological polar surface area (TPSA) is 64.1 Å². The Morgan fingerprint density at radius 1 is 1.39 bits per heavy atom. The van der Waals surface area contributed by atoms with Crippen LogP contribution in [0.2, 0.25) is 0 Å².